The summed E-state index contributed by atoms with van der Waals surface area (Å²) in [4.78, 5) is 43.1. The van der Waals surface area contributed by atoms with E-state index in [1.807, 2.05) is 117 Å². The van der Waals surface area contributed by atoms with E-state index in [9.17, 15) is 14.4 Å². The number of para-hydroxylation sites is 2. The quantitative estimate of drug-likeness (QED) is 0.0979. The van der Waals surface area contributed by atoms with Gasteiger partial charge in [-0.3, -0.25) is 19.3 Å². The Morgan fingerprint density at radius 2 is 1.29 bits per heavy atom. The van der Waals surface area contributed by atoms with Gasteiger partial charge < -0.3 is 15.4 Å². The van der Waals surface area contributed by atoms with Crippen LogP contribution in [-0.2, 0) is 9.59 Å². The zero-order valence-corrected chi connectivity index (χ0v) is 27.7. The molecule has 0 aliphatic rings. The van der Waals surface area contributed by atoms with Crippen molar-refractivity contribution in [3.63, 3.8) is 0 Å². The largest absolute Gasteiger partial charge is 0.494 e. The molecule has 0 spiro atoms. The Kier molecular flexibility index (Phi) is 11.8. The average Bonchev–Trinajstić information content (AvgIpc) is 3.13. The number of nitrogens with zero attached hydrogens (tertiary/aromatic N) is 1. The van der Waals surface area contributed by atoms with Crippen molar-refractivity contribution in [3.05, 3.63) is 156 Å². The molecule has 2 N–H and O–H groups in total. The van der Waals surface area contributed by atoms with Gasteiger partial charge in [0.1, 0.15) is 11.4 Å². The Hall–Kier alpha value is -5.60. The van der Waals surface area contributed by atoms with Crippen LogP contribution in [0.5, 0.6) is 5.75 Å². The number of anilines is 3. The lowest BCUT2D eigenvalue weighted by Crippen LogP contribution is -2.34. The highest BCUT2D eigenvalue weighted by Crippen LogP contribution is 2.33. The van der Waals surface area contributed by atoms with Crippen molar-refractivity contribution in [1.29, 1.82) is 0 Å². The predicted octanol–water partition coefficient (Wildman–Crippen LogP) is 8.73. The molecular formula is C40H37N3O4S. The molecule has 0 aliphatic carbocycles. The Balaban J connectivity index is 1.31. The van der Waals surface area contributed by atoms with Gasteiger partial charge in [0, 0.05) is 27.5 Å². The molecule has 242 valence electrons. The van der Waals surface area contributed by atoms with Crippen molar-refractivity contribution in [2.24, 2.45) is 0 Å². The van der Waals surface area contributed by atoms with Gasteiger partial charge in [0.15, 0.2) is 0 Å². The third-order valence-electron chi connectivity index (χ3n) is 7.32. The minimum atomic E-state index is -0.475. The summed E-state index contributed by atoms with van der Waals surface area (Å²) in [6.07, 6.45) is 2.25. The summed E-state index contributed by atoms with van der Waals surface area (Å²) in [5.41, 5.74) is 3.40. The van der Waals surface area contributed by atoms with E-state index in [0.29, 0.717) is 30.0 Å². The first kappa shape index (κ1) is 33.8. The summed E-state index contributed by atoms with van der Waals surface area (Å²) in [5, 5.41) is 5.32. The molecule has 1 atom stereocenters. The topological polar surface area (TPSA) is 87.7 Å². The zero-order chi connectivity index (χ0) is 33.7. The molecule has 0 saturated heterocycles. The number of amides is 3. The molecular weight excluding hydrogens is 619 g/mol. The zero-order valence-electron chi connectivity index (χ0n) is 26.8. The van der Waals surface area contributed by atoms with Gasteiger partial charge in [-0.1, -0.05) is 73.7 Å². The van der Waals surface area contributed by atoms with E-state index >= 15 is 0 Å². The van der Waals surface area contributed by atoms with Crippen molar-refractivity contribution < 1.29 is 19.1 Å². The van der Waals surface area contributed by atoms with Gasteiger partial charge in [0.25, 0.3) is 11.8 Å². The van der Waals surface area contributed by atoms with Crippen LogP contribution in [-0.4, -0.2) is 29.6 Å². The third kappa shape index (κ3) is 9.02. The van der Waals surface area contributed by atoms with Gasteiger partial charge in [-0.25, -0.2) is 0 Å². The van der Waals surface area contributed by atoms with Crippen molar-refractivity contribution in [2.75, 3.05) is 16.8 Å². The van der Waals surface area contributed by atoms with Gasteiger partial charge in [-0.2, -0.15) is 0 Å². The number of nitrogens with one attached hydrogen (secondary N) is 2. The Bertz CT molecular complexity index is 1790. The average molecular weight is 656 g/mol. The molecule has 7 nitrogen and oxygen atoms in total. The van der Waals surface area contributed by atoms with Gasteiger partial charge in [-0.15, -0.1) is 11.8 Å². The molecule has 0 saturated carbocycles. The van der Waals surface area contributed by atoms with E-state index in [0.717, 1.165) is 21.8 Å². The van der Waals surface area contributed by atoms with E-state index in [1.165, 1.54) is 11.8 Å². The fraction of sp³-hybridized carbons (Fsp3) is 0.125. The van der Waals surface area contributed by atoms with E-state index in [4.69, 9.17) is 4.74 Å². The van der Waals surface area contributed by atoms with Crippen LogP contribution < -0.4 is 20.3 Å². The smallest absolute Gasteiger partial charge is 0.272 e. The first-order valence-electron chi connectivity index (χ1n) is 15.8. The van der Waals surface area contributed by atoms with Crippen LogP contribution in [0.4, 0.5) is 17.1 Å². The maximum Gasteiger partial charge on any atom is 0.272 e. The number of ether oxygens (including phenoxy) is 1. The predicted molar refractivity (Wildman–Crippen MR) is 195 cm³/mol. The number of rotatable bonds is 13. The Morgan fingerprint density at radius 3 is 1.83 bits per heavy atom. The molecule has 8 heteroatoms. The van der Waals surface area contributed by atoms with Crippen LogP contribution in [0.25, 0.3) is 6.08 Å². The third-order valence-corrected chi connectivity index (χ3v) is 8.68. The summed E-state index contributed by atoms with van der Waals surface area (Å²) in [6, 6.07) is 42.6. The maximum atomic E-state index is 14.0. The Morgan fingerprint density at radius 1 is 0.729 bits per heavy atom. The summed E-state index contributed by atoms with van der Waals surface area (Å²) >= 11 is 1.48. The molecule has 0 heterocycles. The number of benzene rings is 5. The standard InChI is InChI=1S/C40H37N3O4S/c1-3-37(40(46)43(32-16-10-6-11-17-32)33-18-12-7-13-19-33)48-35-26-22-31(23-27-35)41-39(45)36(42-38(44)30-14-8-5-9-15-30)28-29-20-24-34(25-21-29)47-4-2/h5-28,37H,3-4H2,1-2H3,(H,41,45)(H,42,44)/b36-28-. The molecule has 5 aromatic carbocycles. The second-order valence-corrected chi connectivity index (χ2v) is 12.0. The number of carbonyl (C=O) groups is 3. The van der Waals surface area contributed by atoms with Gasteiger partial charge in [-0.05, 0) is 97.8 Å². The van der Waals surface area contributed by atoms with Crippen molar-refractivity contribution in [3.8, 4) is 5.75 Å². The first-order chi connectivity index (χ1) is 23.4. The van der Waals surface area contributed by atoms with Crippen LogP contribution in [0.3, 0.4) is 0 Å². The van der Waals surface area contributed by atoms with Crippen LogP contribution in [0, 0.1) is 0 Å². The van der Waals surface area contributed by atoms with Crippen LogP contribution >= 0.6 is 11.8 Å². The van der Waals surface area contributed by atoms with Crippen molar-refractivity contribution in [1.82, 2.24) is 5.32 Å². The number of thioether (sulfide) groups is 1. The molecule has 1 unspecified atom stereocenters. The van der Waals surface area contributed by atoms with Crippen LogP contribution in [0.15, 0.2) is 150 Å². The minimum absolute atomic E-state index is 0.0181. The highest BCUT2D eigenvalue weighted by atomic mass is 32.2. The normalized spacial score (nSPS) is 11.7. The van der Waals surface area contributed by atoms with E-state index in [1.54, 1.807) is 47.4 Å². The summed E-state index contributed by atoms with van der Waals surface area (Å²) in [6.45, 7) is 4.45. The second-order valence-electron chi connectivity index (χ2n) is 10.7. The second kappa shape index (κ2) is 16.8. The molecule has 48 heavy (non-hydrogen) atoms. The van der Waals surface area contributed by atoms with Crippen LogP contribution in [0.1, 0.15) is 36.2 Å². The first-order valence-corrected chi connectivity index (χ1v) is 16.7. The lowest BCUT2D eigenvalue weighted by atomic mass is 10.1. The monoisotopic (exact) mass is 655 g/mol. The Labute approximate surface area is 285 Å². The number of hydrogen-bond donors (Lipinski definition) is 2. The molecule has 0 fully saturated rings. The summed E-state index contributed by atoms with van der Waals surface area (Å²) in [5.74, 6) is -0.177. The summed E-state index contributed by atoms with van der Waals surface area (Å²) < 4.78 is 5.53. The lowest BCUT2D eigenvalue weighted by Gasteiger charge is -2.27. The SMILES string of the molecule is CCOc1ccc(/C=C(\NC(=O)c2ccccc2)C(=O)Nc2ccc(SC(CC)C(=O)N(c3ccccc3)c3ccccc3)cc2)cc1. The highest BCUT2D eigenvalue weighted by Gasteiger charge is 2.26. The van der Waals surface area contributed by atoms with Crippen molar-refractivity contribution >= 4 is 52.6 Å². The van der Waals surface area contributed by atoms with Crippen molar-refractivity contribution in [2.45, 2.75) is 30.4 Å². The maximum absolute atomic E-state index is 14.0. The van der Waals surface area contributed by atoms with E-state index < -0.39 is 11.8 Å². The van der Waals surface area contributed by atoms with E-state index in [-0.39, 0.29) is 16.9 Å². The minimum Gasteiger partial charge on any atom is -0.494 e. The number of carbonyl (C=O) groups excluding carboxylic acids is 3. The van der Waals surface area contributed by atoms with E-state index in [2.05, 4.69) is 10.6 Å². The molecule has 0 bridgehead atoms. The van der Waals surface area contributed by atoms with Gasteiger partial charge in [0.05, 0.1) is 11.9 Å². The molecule has 0 aliphatic heterocycles. The molecule has 0 aromatic heterocycles. The molecule has 3 amide bonds. The molecule has 0 radical (unpaired) electrons. The fourth-order valence-corrected chi connectivity index (χ4v) is 5.92. The van der Waals surface area contributed by atoms with Gasteiger partial charge >= 0.3 is 0 Å². The summed E-state index contributed by atoms with van der Waals surface area (Å²) in [7, 11) is 0. The van der Waals surface area contributed by atoms with Crippen LogP contribution in [0.2, 0.25) is 0 Å². The molecule has 5 rings (SSSR count). The van der Waals surface area contributed by atoms with Gasteiger partial charge in [0.2, 0.25) is 5.91 Å². The fourth-order valence-electron chi connectivity index (χ4n) is 4.93. The number of hydrogen-bond acceptors (Lipinski definition) is 5. The lowest BCUT2D eigenvalue weighted by molar-refractivity contribution is -0.117. The molecule has 5 aromatic rings. The highest BCUT2D eigenvalue weighted by molar-refractivity contribution is 8.00.